The molecule has 0 atom stereocenters. The van der Waals surface area contributed by atoms with Crippen LogP contribution >= 0.6 is 0 Å². The SMILES string of the molecule is Cc1ccc(C)c(NC(=O)CCC(=O)N/N=C\c2cc([N+](=O)[O-])ccc2[O-])c1. The summed E-state index contributed by atoms with van der Waals surface area (Å²) in [5, 5.41) is 28.7. The molecule has 0 saturated carbocycles. The van der Waals surface area contributed by atoms with Gasteiger partial charge in [-0.05, 0) is 36.6 Å². The molecule has 2 amide bonds. The van der Waals surface area contributed by atoms with Crippen LogP contribution in [0.1, 0.15) is 29.5 Å². The lowest BCUT2D eigenvalue weighted by Crippen LogP contribution is -2.21. The molecule has 0 spiro atoms. The van der Waals surface area contributed by atoms with Crippen LogP contribution in [-0.4, -0.2) is 23.0 Å². The second-order valence-corrected chi connectivity index (χ2v) is 6.14. The molecule has 0 saturated heterocycles. The molecule has 0 bridgehead atoms. The van der Waals surface area contributed by atoms with Crippen molar-refractivity contribution in [1.29, 1.82) is 0 Å². The van der Waals surface area contributed by atoms with Crippen LogP contribution < -0.4 is 15.8 Å². The van der Waals surface area contributed by atoms with E-state index in [1.165, 1.54) is 0 Å². The molecule has 2 aromatic carbocycles. The first-order valence-electron chi connectivity index (χ1n) is 8.40. The predicted octanol–water partition coefficient (Wildman–Crippen LogP) is 2.15. The number of nitro benzene ring substituents is 1. The maximum atomic E-state index is 12.0. The summed E-state index contributed by atoms with van der Waals surface area (Å²) in [6, 6.07) is 8.88. The van der Waals surface area contributed by atoms with E-state index in [-0.39, 0.29) is 30.0 Å². The Morgan fingerprint density at radius 2 is 1.82 bits per heavy atom. The largest absolute Gasteiger partial charge is 0.872 e. The highest BCUT2D eigenvalue weighted by molar-refractivity contribution is 5.94. The highest BCUT2D eigenvalue weighted by Crippen LogP contribution is 2.19. The molecule has 0 aliphatic heterocycles. The molecule has 28 heavy (non-hydrogen) atoms. The van der Waals surface area contributed by atoms with Gasteiger partial charge in [0, 0.05) is 30.7 Å². The number of hydrogen-bond donors (Lipinski definition) is 2. The van der Waals surface area contributed by atoms with Crippen molar-refractivity contribution in [2.45, 2.75) is 26.7 Å². The molecule has 0 aliphatic rings. The van der Waals surface area contributed by atoms with E-state index < -0.39 is 16.6 Å². The normalized spacial score (nSPS) is 10.6. The lowest BCUT2D eigenvalue weighted by molar-refractivity contribution is -0.385. The molecule has 2 N–H and O–H groups in total. The minimum Gasteiger partial charge on any atom is -0.872 e. The van der Waals surface area contributed by atoms with Gasteiger partial charge in [0.05, 0.1) is 11.1 Å². The van der Waals surface area contributed by atoms with E-state index >= 15 is 0 Å². The topological polar surface area (TPSA) is 137 Å². The van der Waals surface area contributed by atoms with Crippen molar-refractivity contribution < 1.29 is 19.6 Å². The highest BCUT2D eigenvalue weighted by atomic mass is 16.6. The average molecular weight is 383 g/mol. The van der Waals surface area contributed by atoms with Gasteiger partial charge >= 0.3 is 0 Å². The van der Waals surface area contributed by atoms with Crippen LogP contribution in [0.15, 0.2) is 41.5 Å². The summed E-state index contributed by atoms with van der Waals surface area (Å²) in [5.41, 5.74) is 4.52. The zero-order valence-corrected chi connectivity index (χ0v) is 15.4. The van der Waals surface area contributed by atoms with Gasteiger partial charge < -0.3 is 10.4 Å². The Balaban J connectivity index is 1.85. The first-order valence-corrected chi connectivity index (χ1v) is 8.40. The first kappa shape index (κ1) is 20.6. The number of carbonyl (C=O) groups is 2. The molecule has 146 valence electrons. The van der Waals surface area contributed by atoms with Crippen molar-refractivity contribution in [3.05, 3.63) is 63.2 Å². The third-order valence-electron chi connectivity index (χ3n) is 3.84. The van der Waals surface area contributed by atoms with Gasteiger partial charge in [-0.25, -0.2) is 5.43 Å². The second kappa shape index (κ2) is 9.26. The molecule has 0 unspecified atom stereocenters. The zero-order chi connectivity index (χ0) is 20.7. The molecule has 0 aromatic heterocycles. The van der Waals surface area contributed by atoms with Gasteiger partial charge in [-0.3, -0.25) is 19.7 Å². The van der Waals surface area contributed by atoms with Gasteiger partial charge in [-0.15, -0.1) is 0 Å². The molecule has 9 nitrogen and oxygen atoms in total. The quantitative estimate of drug-likeness (QED) is 0.429. The lowest BCUT2D eigenvalue weighted by atomic mass is 10.1. The molecule has 0 aliphatic carbocycles. The summed E-state index contributed by atoms with van der Waals surface area (Å²) in [4.78, 5) is 33.8. The third kappa shape index (κ3) is 5.90. The predicted molar refractivity (Wildman–Crippen MR) is 102 cm³/mol. The van der Waals surface area contributed by atoms with E-state index in [1.54, 1.807) is 0 Å². The summed E-state index contributed by atoms with van der Waals surface area (Å²) < 4.78 is 0. The highest BCUT2D eigenvalue weighted by Gasteiger charge is 2.09. The maximum Gasteiger partial charge on any atom is 0.270 e. The number of nitrogens with zero attached hydrogens (tertiary/aromatic N) is 2. The van der Waals surface area contributed by atoms with Gasteiger partial charge in [0.15, 0.2) is 0 Å². The summed E-state index contributed by atoms with van der Waals surface area (Å²) in [5.74, 6) is -1.30. The smallest absolute Gasteiger partial charge is 0.270 e. The van der Waals surface area contributed by atoms with Crippen molar-refractivity contribution in [3.63, 3.8) is 0 Å². The van der Waals surface area contributed by atoms with Crippen molar-refractivity contribution >= 4 is 29.4 Å². The number of nitro groups is 1. The molecular weight excluding hydrogens is 364 g/mol. The first-order chi connectivity index (χ1) is 13.3. The Morgan fingerprint density at radius 1 is 1.11 bits per heavy atom. The van der Waals surface area contributed by atoms with Gasteiger partial charge in [-0.2, -0.15) is 5.10 Å². The molecule has 0 heterocycles. The number of hydrazone groups is 1. The Labute approximate surface area is 161 Å². The van der Waals surface area contributed by atoms with Crippen LogP contribution in [-0.2, 0) is 9.59 Å². The van der Waals surface area contributed by atoms with Gasteiger partial charge in [0.2, 0.25) is 11.8 Å². The van der Waals surface area contributed by atoms with Crippen LogP contribution in [0.3, 0.4) is 0 Å². The molecule has 2 aromatic rings. The third-order valence-corrected chi connectivity index (χ3v) is 3.84. The summed E-state index contributed by atoms with van der Waals surface area (Å²) in [7, 11) is 0. The molecule has 0 fully saturated rings. The van der Waals surface area contributed by atoms with Gasteiger partial charge in [0.1, 0.15) is 0 Å². The molecule has 9 heteroatoms. The number of nitrogens with one attached hydrogen (secondary N) is 2. The van der Waals surface area contributed by atoms with Crippen LogP contribution in [0.4, 0.5) is 11.4 Å². The van der Waals surface area contributed by atoms with E-state index in [4.69, 9.17) is 0 Å². The molecule has 2 rings (SSSR count). The van der Waals surface area contributed by atoms with Crippen molar-refractivity contribution in [2.24, 2.45) is 5.10 Å². The summed E-state index contributed by atoms with van der Waals surface area (Å²) >= 11 is 0. The Bertz CT molecular complexity index is 940. The minimum atomic E-state index is -0.635. The fourth-order valence-electron chi connectivity index (χ4n) is 2.29. The Morgan fingerprint density at radius 3 is 2.54 bits per heavy atom. The second-order valence-electron chi connectivity index (χ2n) is 6.14. The van der Waals surface area contributed by atoms with E-state index in [0.29, 0.717) is 5.69 Å². The summed E-state index contributed by atoms with van der Waals surface area (Å²) in [6.45, 7) is 3.78. The minimum absolute atomic E-state index is 0.0258. The van der Waals surface area contributed by atoms with Crippen molar-refractivity contribution in [1.82, 2.24) is 5.43 Å². The van der Waals surface area contributed by atoms with Crippen LogP contribution in [0.5, 0.6) is 5.75 Å². The molecular formula is C19H19N4O5-. The van der Waals surface area contributed by atoms with Gasteiger partial charge in [-0.1, -0.05) is 23.9 Å². The Hall–Kier alpha value is -3.75. The van der Waals surface area contributed by atoms with E-state index in [2.05, 4.69) is 15.8 Å². The number of benzene rings is 2. The number of carbonyl (C=O) groups excluding carboxylic acids is 2. The maximum absolute atomic E-state index is 12.0. The number of aryl methyl sites for hydroxylation is 2. The van der Waals surface area contributed by atoms with Gasteiger partial charge in [0.25, 0.3) is 5.69 Å². The fourth-order valence-corrected chi connectivity index (χ4v) is 2.29. The summed E-state index contributed by atoms with van der Waals surface area (Å²) in [6.07, 6.45) is 0.884. The number of rotatable bonds is 7. The monoisotopic (exact) mass is 383 g/mol. The Kier molecular flexibility index (Phi) is 6.80. The fraction of sp³-hybridized carbons (Fsp3) is 0.211. The lowest BCUT2D eigenvalue weighted by Gasteiger charge is -2.09. The van der Waals surface area contributed by atoms with Crippen LogP contribution in [0.25, 0.3) is 0 Å². The van der Waals surface area contributed by atoms with E-state index in [1.807, 2.05) is 32.0 Å². The number of hydrogen-bond acceptors (Lipinski definition) is 6. The average Bonchev–Trinajstić information content (AvgIpc) is 2.64. The van der Waals surface area contributed by atoms with E-state index in [9.17, 15) is 24.8 Å². The number of amides is 2. The van der Waals surface area contributed by atoms with Crippen molar-refractivity contribution in [3.8, 4) is 5.75 Å². The molecule has 0 radical (unpaired) electrons. The van der Waals surface area contributed by atoms with E-state index in [0.717, 1.165) is 35.5 Å². The standard InChI is InChI=1S/C19H20N4O5/c1-12-3-4-13(2)16(9-12)21-18(25)7-8-19(26)22-20-11-14-10-15(23(27)28)5-6-17(14)24/h3-6,9-11,24H,7-8H2,1-2H3,(H,21,25)(H,22,26)/p-1/b20-11-. The van der Waals surface area contributed by atoms with Crippen LogP contribution in [0.2, 0.25) is 0 Å². The van der Waals surface area contributed by atoms with Crippen molar-refractivity contribution in [2.75, 3.05) is 5.32 Å². The number of non-ortho nitro benzene ring substituents is 1. The zero-order valence-electron chi connectivity index (χ0n) is 15.4. The number of anilines is 1. The van der Waals surface area contributed by atoms with Crippen LogP contribution in [0, 0.1) is 24.0 Å².